The lowest BCUT2D eigenvalue weighted by molar-refractivity contribution is 0.889. The standard InChI is InChI=1S/C13H20/c1-6-13(7-2)12(5)10-8-9-11(3)4/h6-10,12H,1H2,2-5H3. The van der Waals surface area contributed by atoms with Gasteiger partial charge in [-0.15, -0.1) is 0 Å². The normalized spacial score (nSPS) is 14.3. The zero-order valence-corrected chi connectivity index (χ0v) is 9.17. The van der Waals surface area contributed by atoms with Crippen molar-refractivity contribution in [3.63, 3.8) is 0 Å². The molecule has 0 N–H and O–H groups in total. The van der Waals surface area contributed by atoms with Crippen LogP contribution < -0.4 is 0 Å². The van der Waals surface area contributed by atoms with Crippen LogP contribution in [-0.2, 0) is 0 Å². The van der Waals surface area contributed by atoms with E-state index in [1.54, 1.807) is 0 Å². The van der Waals surface area contributed by atoms with Crippen molar-refractivity contribution in [1.82, 2.24) is 0 Å². The Morgan fingerprint density at radius 3 is 2.31 bits per heavy atom. The summed E-state index contributed by atoms with van der Waals surface area (Å²) in [5.74, 6) is 0.457. The van der Waals surface area contributed by atoms with Crippen molar-refractivity contribution in [2.24, 2.45) is 5.92 Å². The second-order valence-corrected chi connectivity index (χ2v) is 3.41. The van der Waals surface area contributed by atoms with Gasteiger partial charge in [-0.1, -0.05) is 49.5 Å². The topological polar surface area (TPSA) is 0 Å². The highest BCUT2D eigenvalue weighted by Crippen LogP contribution is 2.12. The summed E-state index contributed by atoms with van der Waals surface area (Å²) in [7, 11) is 0. The molecule has 0 aliphatic carbocycles. The highest BCUT2D eigenvalue weighted by atomic mass is 14.0. The molecule has 0 aliphatic heterocycles. The molecule has 0 rings (SSSR count). The van der Waals surface area contributed by atoms with E-state index in [9.17, 15) is 0 Å². The first-order valence-electron chi connectivity index (χ1n) is 4.72. The zero-order chi connectivity index (χ0) is 10.3. The van der Waals surface area contributed by atoms with Crippen molar-refractivity contribution in [3.8, 4) is 0 Å². The van der Waals surface area contributed by atoms with Gasteiger partial charge in [-0.25, -0.2) is 0 Å². The van der Waals surface area contributed by atoms with E-state index in [2.05, 4.69) is 51.7 Å². The minimum atomic E-state index is 0.457. The van der Waals surface area contributed by atoms with E-state index < -0.39 is 0 Å². The maximum Gasteiger partial charge on any atom is -0.00108 e. The highest BCUT2D eigenvalue weighted by molar-refractivity contribution is 5.23. The largest absolute Gasteiger partial charge is 0.0988 e. The van der Waals surface area contributed by atoms with Crippen molar-refractivity contribution in [2.45, 2.75) is 27.7 Å². The van der Waals surface area contributed by atoms with Crippen LogP contribution in [0.2, 0.25) is 0 Å². The van der Waals surface area contributed by atoms with Crippen molar-refractivity contribution in [2.75, 3.05) is 0 Å². The minimum Gasteiger partial charge on any atom is -0.0988 e. The van der Waals surface area contributed by atoms with Crippen LogP contribution in [0.25, 0.3) is 0 Å². The summed E-state index contributed by atoms with van der Waals surface area (Å²) in [6, 6.07) is 0. The first-order valence-corrected chi connectivity index (χ1v) is 4.72. The van der Waals surface area contributed by atoms with Gasteiger partial charge in [0, 0.05) is 0 Å². The van der Waals surface area contributed by atoms with Crippen LogP contribution in [-0.4, -0.2) is 0 Å². The lowest BCUT2D eigenvalue weighted by Gasteiger charge is -2.05. The molecule has 0 saturated heterocycles. The fraction of sp³-hybridized carbons (Fsp3) is 0.385. The molecule has 13 heavy (non-hydrogen) atoms. The minimum absolute atomic E-state index is 0.457. The van der Waals surface area contributed by atoms with Gasteiger partial charge < -0.3 is 0 Å². The first-order chi connectivity index (χ1) is 6.11. The molecular weight excluding hydrogens is 156 g/mol. The molecule has 0 nitrogen and oxygen atoms in total. The highest BCUT2D eigenvalue weighted by Gasteiger charge is 1.97. The molecule has 0 aromatic heterocycles. The fourth-order valence-corrected chi connectivity index (χ4v) is 1.09. The van der Waals surface area contributed by atoms with Crippen LogP contribution in [0.15, 0.2) is 48.1 Å². The van der Waals surface area contributed by atoms with Gasteiger partial charge in [-0.05, 0) is 32.3 Å². The molecule has 0 aliphatic rings. The SMILES string of the molecule is C=CC(=CC)C(C)C=CC=C(C)C. The Bertz CT molecular complexity index is 235. The quantitative estimate of drug-likeness (QED) is 0.561. The Hall–Kier alpha value is -1.04. The summed E-state index contributed by atoms with van der Waals surface area (Å²) >= 11 is 0. The number of allylic oxidation sites excluding steroid dienone is 7. The van der Waals surface area contributed by atoms with Gasteiger partial charge in [0.1, 0.15) is 0 Å². The van der Waals surface area contributed by atoms with Crippen molar-refractivity contribution in [1.29, 1.82) is 0 Å². The summed E-state index contributed by atoms with van der Waals surface area (Å²) < 4.78 is 0. The maximum atomic E-state index is 3.78. The van der Waals surface area contributed by atoms with Gasteiger partial charge in [-0.3, -0.25) is 0 Å². The third-order valence-electron chi connectivity index (χ3n) is 1.92. The number of hydrogen-bond acceptors (Lipinski definition) is 0. The second-order valence-electron chi connectivity index (χ2n) is 3.41. The Morgan fingerprint density at radius 1 is 1.31 bits per heavy atom. The molecule has 0 fully saturated rings. The van der Waals surface area contributed by atoms with E-state index in [1.807, 2.05) is 13.0 Å². The summed E-state index contributed by atoms with van der Waals surface area (Å²) in [6.07, 6.45) is 10.4. The van der Waals surface area contributed by atoms with Gasteiger partial charge in [0.15, 0.2) is 0 Å². The molecule has 1 unspecified atom stereocenters. The zero-order valence-electron chi connectivity index (χ0n) is 9.17. The van der Waals surface area contributed by atoms with E-state index in [0.717, 1.165) is 0 Å². The van der Waals surface area contributed by atoms with Crippen LogP contribution in [0.4, 0.5) is 0 Å². The molecule has 0 aromatic carbocycles. The third kappa shape index (κ3) is 5.24. The molecule has 0 heterocycles. The van der Waals surface area contributed by atoms with Gasteiger partial charge in [0.05, 0.1) is 0 Å². The maximum absolute atomic E-state index is 3.78. The Morgan fingerprint density at radius 2 is 1.92 bits per heavy atom. The summed E-state index contributed by atoms with van der Waals surface area (Å²) in [4.78, 5) is 0. The van der Waals surface area contributed by atoms with Crippen molar-refractivity contribution in [3.05, 3.63) is 48.1 Å². The van der Waals surface area contributed by atoms with Gasteiger partial charge in [-0.2, -0.15) is 0 Å². The van der Waals surface area contributed by atoms with Crippen molar-refractivity contribution < 1.29 is 0 Å². The molecule has 72 valence electrons. The van der Waals surface area contributed by atoms with Crippen LogP contribution in [0.3, 0.4) is 0 Å². The number of hydrogen-bond donors (Lipinski definition) is 0. The van der Waals surface area contributed by atoms with Crippen LogP contribution in [0, 0.1) is 5.92 Å². The van der Waals surface area contributed by atoms with E-state index in [1.165, 1.54) is 11.1 Å². The lowest BCUT2D eigenvalue weighted by Crippen LogP contribution is -1.91. The monoisotopic (exact) mass is 176 g/mol. The Balaban J connectivity index is 4.29. The summed E-state index contributed by atoms with van der Waals surface area (Å²) in [5, 5.41) is 0. The molecule has 0 aromatic rings. The second kappa shape index (κ2) is 6.47. The molecule has 0 radical (unpaired) electrons. The third-order valence-corrected chi connectivity index (χ3v) is 1.92. The van der Waals surface area contributed by atoms with E-state index >= 15 is 0 Å². The smallest absolute Gasteiger partial charge is 0.00108 e. The molecular formula is C13H20. The van der Waals surface area contributed by atoms with E-state index in [0.29, 0.717) is 5.92 Å². The molecule has 0 bridgehead atoms. The van der Waals surface area contributed by atoms with Gasteiger partial charge in [0.25, 0.3) is 0 Å². The van der Waals surface area contributed by atoms with Crippen LogP contribution in [0.5, 0.6) is 0 Å². The predicted molar refractivity (Wildman–Crippen MR) is 61.7 cm³/mol. The fourth-order valence-electron chi connectivity index (χ4n) is 1.09. The Labute approximate surface area is 82.4 Å². The van der Waals surface area contributed by atoms with Crippen molar-refractivity contribution >= 4 is 0 Å². The average molecular weight is 176 g/mol. The van der Waals surface area contributed by atoms with E-state index in [-0.39, 0.29) is 0 Å². The molecule has 1 atom stereocenters. The Kier molecular flexibility index (Phi) is 5.96. The molecule has 0 saturated carbocycles. The summed E-state index contributed by atoms with van der Waals surface area (Å²) in [5.41, 5.74) is 2.60. The van der Waals surface area contributed by atoms with E-state index in [4.69, 9.17) is 0 Å². The van der Waals surface area contributed by atoms with Crippen LogP contribution >= 0.6 is 0 Å². The van der Waals surface area contributed by atoms with Gasteiger partial charge in [0.2, 0.25) is 0 Å². The molecule has 0 heteroatoms. The summed E-state index contributed by atoms with van der Waals surface area (Å²) in [6.45, 7) is 12.2. The lowest BCUT2D eigenvalue weighted by atomic mass is 10.0. The van der Waals surface area contributed by atoms with Gasteiger partial charge >= 0.3 is 0 Å². The first kappa shape index (κ1) is 12.0. The average Bonchev–Trinajstić information content (AvgIpc) is 2.05. The molecule has 0 amide bonds. The molecule has 0 spiro atoms. The predicted octanol–water partition coefficient (Wildman–Crippen LogP) is 4.28. The van der Waals surface area contributed by atoms with Crippen LogP contribution in [0.1, 0.15) is 27.7 Å². The number of rotatable bonds is 4.